The van der Waals surface area contributed by atoms with E-state index >= 15 is 0 Å². The highest BCUT2D eigenvalue weighted by atomic mass is 16.1. The molecule has 0 radical (unpaired) electrons. The van der Waals surface area contributed by atoms with Gasteiger partial charge in [0.15, 0.2) is 0 Å². The molecule has 1 heterocycles. The topological polar surface area (TPSA) is 46.9 Å². The molecular weight excluding hydrogens is 262 g/mol. The van der Waals surface area contributed by atoms with E-state index in [-0.39, 0.29) is 5.91 Å². The van der Waals surface area contributed by atoms with Crippen LogP contribution in [0.5, 0.6) is 0 Å². The lowest BCUT2D eigenvalue weighted by molar-refractivity contribution is -0.121. The van der Waals surface area contributed by atoms with Crippen molar-refractivity contribution in [3.63, 3.8) is 0 Å². The van der Waals surface area contributed by atoms with Crippen LogP contribution in [0.15, 0.2) is 30.3 Å². The fraction of sp³-hybridized carbons (Fsp3) is 0.412. The Bertz CT molecular complexity index is 602. The Kier molecular flexibility index (Phi) is 5.14. The van der Waals surface area contributed by atoms with Gasteiger partial charge in [0.1, 0.15) is 0 Å². The molecule has 1 N–H and O–H groups in total. The average Bonchev–Trinajstić information content (AvgIpc) is 2.74. The lowest BCUT2D eigenvalue weighted by Gasteiger charge is -2.07. The number of aryl methyl sites for hydroxylation is 2. The quantitative estimate of drug-likeness (QED) is 0.886. The number of nitrogens with one attached hydrogen (secondary N) is 1. The minimum absolute atomic E-state index is 0.0945. The summed E-state index contributed by atoms with van der Waals surface area (Å²) in [6.45, 7) is 7.49. The maximum absolute atomic E-state index is 11.8. The fourth-order valence-corrected chi connectivity index (χ4v) is 2.30. The Hall–Kier alpha value is -2.10. The summed E-state index contributed by atoms with van der Waals surface area (Å²) >= 11 is 0. The smallest absolute Gasteiger partial charge is 0.220 e. The normalized spacial score (nSPS) is 10.6. The van der Waals surface area contributed by atoms with Crippen molar-refractivity contribution in [2.45, 2.75) is 40.2 Å². The third kappa shape index (κ3) is 4.18. The van der Waals surface area contributed by atoms with Crippen molar-refractivity contribution in [2.75, 3.05) is 6.54 Å². The van der Waals surface area contributed by atoms with Crippen LogP contribution in [0.1, 0.15) is 28.9 Å². The van der Waals surface area contributed by atoms with Crippen LogP contribution in [0.25, 0.3) is 0 Å². The first-order chi connectivity index (χ1) is 10.1. The number of amides is 1. The van der Waals surface area contributed by atoms with E-state index in [0.29, 0.717) is 13.0 Å². The van der Waals surface area contributed by atoms with Crippen LogP contribution in [0.4, 0.5) is 0 Å². The van der Waals surface area contributed by atoms with Crippen molar-refractivity contribution >= 4 is 5.91 Å². The van der Waals surface area contributed by atoms with Crippen molar-refractivity contribution in [3.05, 3.63) is 52.8 Å². The van der Waals surface area contributed by atoms with Gasteiger partial charge in [0.25, 0.3) is 0 Å². The summed E-state index contributed by atoms with van der Waals surface area (Å²) in [5.74, 6) is 0.0945. The third-order valence-corrected chi connectivity index (χ3v) is 3.87. The van der Waals surface area contributed by atoms with E-state index in [2.05, 4.69) is 24.3 Å². The summed E-state index contributed by atoms with van der Waals surface area (Å²) in [4.78, 5) is 11.8. The number of aromatic nitrogens is 2. The molecule has 1 aromatic carbocycles. The molecule has 1 amide bonds. The monoisotopic (exact) mass is 285 g/mol. The first-order valence-electron chi connectivity index (χ1n) is 7.39. The molecule has 1 aromatic heterocycles. The lowest BCUT2D eigenvalue weighted by Crippen LogP contribution is -2.28. The summed E-state index contributed by atoms with van der Waals surface area (Å²) in [6.07, 6.45) is 1.31. The molecule has 0 unspecified atom stereocenters. The van der Waals surface area contributed by atoms with Crippen molar-refractivity contribution in [3.8, 4) is 0 Å². The van der Waals surface area contributed by atoms with Crippen LogP contribution in [0, 0.1) is 20.8 Å². The van der Waals surface area contributed by atoms with E-state index < -0.39 is 0 Å². The second-order valence-electron chi connectivity index (χ2n) is 5.35. The van der Waals surface area contributed by atoms with Crippen LogP contribution < -0.4 is 5.32 Å². The number of benzene rings is 1. The highest BCUT2D eigenvalue weighted by Crippen LogP contribution is 2.10. The number of hydrogen-bond acceptors (Lipinski definition) is 2. The van der Waals surface area contributed by atoms with Gasteiger partial charge in [-0.1, -0.05) is 30.3 Å². The van der Waals surface area contributed by atoms with E-state index in [1.807, 2.05) is 41.9 Å². The Labute approximate surface area is 126 Å². The number of carbonyl (C=O) groups is 1. The van der Waals surface area contributed by atoms with Gasteiger partial charge < -0.3 is 5.32 Å². The summed E-state index contributed by atoms with van der Waals surface area (Å²) in [5.41, 5.74) is 4.65. The van der Waals surface area contributed by atoms with Crippen LogP contribution in [0.3, 0.4) is 0 Å². The SMILES string of the molecule is Cc1nn(CCNC(=O)CCc2ccccc2)c(C)c1C. The zero-order valence-electron chi connectivity index (χ0n) is 13.0. The predicted molar refractivity (Wildman–Crippen MR) is 84.2 cm³/mol. The van der Waals surface area contributed by atoms with E-state index in [1.165, 1.54) is 16.8 Å². The fourth-order valence-electron chi connectivity index (χ4n) is 2.30. The molecule has 4 nitrogen and oxygen atoms in total. The zero-order chi connectivity index (χ0) is 15.2. The third-order valence-electron chi connectivity index (χ3n) is 3.87. The number of nitrogens with zero attached hydrogens (tertiary/aromatic N) is 2. The molecule has 0 aliphatic rings. The summed E-state index contributed by atoms with van der Waals surface area (Å²) < 4.78 is 1.96. The van der Waals surface area contributed by atoms with Gasteiger partial charge in [-0.05, 0) is 38.3 Å². The van der Waals surface area contributed by atoms with Crippen molar-refractivity contribution in [1.29, 1.82) is 0 Å². The van der Waals surface area contributed by atoms with Crippen molar-refractivity contribution in [1.82, 2.24) is 15.1 Å². The Morgan fingerprint density at radius 2 is 1.90 bits per heavy atom. The standard InChI is InChI=1S/C17H23N3O/c1-13-14(2)19-20(15(13)3)12-11-18-17(21)10-9-16-7-5-4-6-8-16/h4-8H,9-12H2,1-3H3,(H,18,21). The molecule has 2 rings (SSSR count). The first-order valence-corrected chi connectivity index (χ1v) is 7.39. The molecule has 0 atom stereocenters. The summed E-state index contributed by atoms with van der Waals surface area (Å²) in [6, 6.07) is 10.1. The van der Waals surface area contributed by atoms with Gasteiger partial charge in [-0.3, -0.25) is 9.48 Å². The van der Waals surface area contributed by atoms with Gasteiger partial charge in [-0.25, -0.2) is 0 Å². The molecule has 4 heteroatoms. The number of carbonyl (C=O) groups excluding carboxylic acids is 1. The molecule has 21 heavy (non-hydrogen) atoms. The first kappa shape index (κ1) is 15.3. The molecule has 112 valence electrons. The predicted octanol–water partition coefficient (Wildman–Crippen LogP) is 2.56. The van der Waals surface area contributed by atoms with Gasteiger partial charge in [0.2, 0.25) is 5.91 Å². The lowest BCUT2D eigenvalue weighted by atomic mass is 10.1. The minimum atomic E-state index is 0.0945. The highest BCUT2D eigenvalue weighted by molar-refractivity contribution is 5.76. The molecule has 0 saturated heterocycles. The maximum Gasteiger partial charge on any atom is 0.220 e. The van der Waals surface area contributed by atoms with Crippen molar-refractivity contribution in [2.24, 2.45) is 0 Å². The van der Waals surface area contributed by atoms with Crippen LogP contribution >= 0.6 is 0 Å². The van der Waals surface area contributed by atoms with E-state index in [9.17, 15) is 4.79 Å². The van der Waals surface area contributed by atoms with E-state index in [4.69, 9.17) is 0 Å². The highest BCUT2D eigenvalue weighted by Gasteiger charge is 2.07. The molecule has 0 aliphatic carbocycles. The minimum Gasteiger partial charge on any atom is -0.354 e. The molecule has 2 aromatic rings. The Balaban J connectivity index is 1.73. The Morgan fingerprint density at radius 3 is 2.52 bits per heavy atom. The maximum atomic E-state index is 11.8. The van der Waals surface area contributed by atoms with Crippen LogP contribution in [-0.2, 0) is 17.8 Å². The van der Waals surface area contributed by atoms with E-state index in [1.54, 1.807) is 0 Å². The second kappa shape index (κ2) is 7.07. The number of rotatable bonds is 6. The van der Waals surface area contributed by atoms with Gasteiger partial charge in [-0.2, -0.15) is 5.10 Å². The Morgan fingerprint density at radius 1 is 1.19 bits per heavy atom. The van der Waals surface area contributed by atoms with Crippen molar-refractivity contribution < 1.29 is 4.79 Å². The molecule has 0 bridgehead atoms. The molecular formula is C17H23N3O. The summed E-state index contributed by atoms with van der Waals surface area (Å²) in [5, 5.41) is 7.42. The molecule has 0 saturated carbocycles. The average molecular weight is 285 g/mol. The van der Waals surface area contributed by atoms with Gasteiger partial charge in [0.05, 0.1) is 12.2 Å². The molecule has 0 aliphatic heterocycles. The van der Waals surface area contributed by atoms with Gasteiger partial charge in [-0.15, -0.1) is 0 Å². The second-order valence-corrected chi connectivity index (χ2v) is 5.35. The molecule has 0 fully saturated rings. The number of hydrogen-bond donors (Lipinski definition) is 1. The molecule has 0 spiro atoms. The van der Waals surface area contributed by atoms with Gasteiger partial charge >= 0.3 is 0 Å². The largest absolute Gasteiger partial charge is 0.354 e. The van der Waals surface area contributed by atoms with Crippen LogP contribution in [0.2, 0.25) is 0 Å². The van der Waals surface area contributed by atoms with Gasteiger partial charge in [0, 0.05) is 18.7 Å². The van der Waals surface area contributed by atoms with E-state index in [0.717, 1.165) is 18.7 Å². The van der Waals surface area contributed by atoms with Crippen LogP contribution in [-0.4, -0.2) is 22.2 Å². The summed E-state index contributed by atoms with van der Waals surface area (Å²) in [7, 11) is 0. The zero-order valence-corrected chi connectivity index (χ0v) is 13.0.